The zero-order valence-corrected chi connectivity index (χ0v) is 22.5. The van der Waals surface area contributed by atoms with Crippen LogP contribution in [-0.4, -0.2) is 41.8 Å². The van der Waals surface area contributed by atoms with Crippen molar-refractivity contribution in [2.24, 2.45) is 0 Å². The van der Waals surface area contributed by atoms with Gasteiger partial charge >= 0.3 is 6.09 Å². The Labute approximate surface area is 213 Å². The minimum absolute atomic E-state index is 0.283. The largest absolute Gasteiger partial charge is 0.443 e. The van der Waals surface area contributed by atoms with Gasteiger partial charge in [0.1, 0.15) is 11.4 Å². The van der Waals surface area contributed by atoms with E-state index in [9.17, 15) is 9.59 Å². The summed E-state index contributed by atoms with van der Waals surface area (Å²) in [7, 11) is -1.67. The molecule has 188 valence electrons. The van der Waals surface area contributed by atoms with E-state index in [-0.39, 0.29) is 12.0 Å². The second-order valence-electron chi connectivity index (χ2n) is 10.8. The third-order valence-corrected chi connectivity index (χ3v) is 8.27. The van der Waals surface area contributed by atoms with Gasteiger partial charge in [-0.15, -0.1) is 0 Å². The first kappa shape index (κ1) is 25.4. The predicted octanol–water partition coefficient (Wildman–Crippen LogP) is 5.43. The van der Waals surface area contributed by atoms with Gasteiger partial charge in [-0.3, -0.25) is 14.7 Å². The van der Waals surface area contributed by atoms with Crippen molar-refractivity contribution in [2.75, 3.05) is 21.7 Å². The average Bonchev–Trinajstić information content (AvgIpc) is 2.82. The van der Waals surface area contributed by atoms with Crippen molar-refractivity contribution < 1.29 is 14.3 Å². The van der Waals surface area contributed by atoms with Crippen molar-refractivity contribution in [3.05, 3.63) is 77.7 Å². The van der Waals surface area contributed by atoms with Crippen LogP contribution in [0.5, 0.6) is 0 Å². The molecule has 36 heavy (non-hydrogen) atoms. The van der Waals surface area contributed by atoms with E-state index in [0.29, 0.717) is 29.8 Å². The predicted molar refractivity (Wildman–Crippen MR) is 145 cm³/mol. The number of nitrogens with zero attached hydrogens (tertiary/aromatic N) is 3. The van der Waals surface area contributed by atoms with E-state index in [2.05, 4.69) is 33.7 Å². The fourth-order valence-electron chi connectivity index (χ4n) is 4.22. The van der Waals surface area contributed by atoms with Gasteiger partial charge in [-0.05, 0) is 74.3 Å². The van der Waals surface area contributed by atoms with Crippen LogP contribution < -0.4 is 15.5 Å². The highest BCUT2D eigenvalue weighted by Crippen LogP contribution is 2.34. The van der Waals surface area contributed by atoms with E-state index in [1.807, 2.05) is 51.1 Å². The van der Waals surface area contributed by atoms with Crippen LogP contribution in [-0.2, 0) is 17.3 Å². The van der Waals surface area contributed by atoms with Crippen LogP contribution in [0.15, 0.2) is 61.1 Å². The number of nitrogens with one attached hydrogen (secondary N) is 2. The lowest BCUT2D eigenvalue weighted by Crippen LogP contribution is -2.52. The van der Waals surface area contributed by atoms with E-state index in [4.69, 9.17) is 4.74 Å². The van der Waals surface area contributed by atoms with Crippen LogP contribution in [0, 0.1) is 0 Å². The first-order chi connectivity index (χ1) is 17.0. The fourth-order valence-corrected chi connectivity index (χ4v) is 6.82. The Balaban J connectivity index is 1.55. The Morgan fingerprint density at radius 2 is 1.83 bits per heavy atom. The first-order valence-corrected chi connectivity index (χ1v) is 15.4. The lowest BCUT2D eigenvalue weighted by molar-refractivity contribution is 0.0584. The summed E-state index contributed by atoms with van der Waals surface area (Å²) < 4.78 is 5.70. The van der Waals surface area contributed by atoms with Crippen molar-refractivity contribution in [1.82, 2.24) is 9.97 Å². The Morgan fingerprint density at radius 1 is 1.08 bits per heavy atom. The number of carbonyl (C=O) groups excluding carboxylic acids is 2. The van der Waals surface area contributed by atoms with Gasteiger partial charge < -0.3 is 15.4 Å². The highest BCUT2D eigenvalue weighted by atomic mass is 28.3. The topological polar surface area (TPSA) is 96.5 Å². The van der Waals surface area contributed by atoms with Crippen LogP contribution in [0.1, 0.15) is 42.3 Å². The molecule has 2 N–H and O–H groups in total. The second kappa shape index (κ2) is 10.1. The quantitative estimate of drug-likeness (QED) is 0.451. The Kier molecular flexibility index (Phi) is 7.12. The molecule has 0 bridgehead atoms. The molecule has 0 atom stereocenters. The van der Waals surface area contributed by atoms with E-state index in [1.165, 1.54) is 0 Å². The number of benzene rings is 1. The summed E-state index contributed by atoms with van der Waals surface area (Å²) in [5.74, 6) is 0.211. The molecule has 8 nitrogen and oxygen atoms in total. The maximum atomic E-state index is 13.2. The molecule has 0 radical (unpaired) electrons. The number of aromatic nitrogens is 2. The molecule has 0 aliphatic carbocycles. The van der Waals surface area contributed by atoms with Gasteiger partial charge in [0.25, 0.3) is 5.91 Å². The van der Waals surface area contributed by atoms with E-state index >= 15 is 0 Å². The molecule has 1 aliphatic heterocycles. The van der Waals surface area contributed by atoms with Gasteiger partial charge in [-0.1, -0.05) is 19.2 Å². The van der Waals surface area contributed by atoms with E-state index < -0.39 is 13.7 Å². The maximum absolute atomic E-state index is 13.2. The molecule has 9 heteroatoms. The Bertz CT molecular complexity index is 1260. The van der Waals surface area contributed by atoms with Crippen molar-refractivity contribution >= 4 is 37.3 Å². The molecular weight excluding hydrogens is 470 g/mol. The number of rotatable bonds is 5. The SMILES string of the molecule is CC(C)(C)OC(=O)N1C[Si](C)(C)Cc2ccc(NC(=O)c3cccnc3NCc3ccncc3)cc21. The summed E-state index contributed by atoms with van der Waals surface area (Å²) in [6.07, 6.45) is 5.40. The summed E-state index contributed by atoms with van der Waals surface area (Å²) in [6, 6.07) is 14.0. The number of ether oxygens (including phenoxy) is 1. The minimum atomic E-state index is -1.67. The minimum Gasteiger partial charge on any atom is -0.443 e. The third kappa shape index (κ3) is 6.28. The summed E-state index contributed by atoms with van der Waals surface area (Å²) in [5.41, 5.74) is 3.37. The number of amides is 2. The molecule has 0 unspecified atom stereocenters. The van der Waals surface area contributed by atoms with Crippen LogP contribution in [0.25, 0.3) is 0 Å². The third-order valence-electron chi connectivity index (χ3n) is 5.76. The van der Waals surface area contributed by atoms with Crippen LogP contribution in [0.4, 0.5) is 22.0 Å². The molecule has 4 rings (SSSR count). The van der Waals surface area contributed by atoms with Gasteiger partial charge in [-0.2, -0.15) is 0 Å². The lowest BCUT2D eigenvalue weighted by atomic mass is 10.1. The standard InChI is InChI=1S/C27H33N5O3Si/c1-27(2,3)35-26(34)32-18-36(4,5)17-20-8-9-21(15-23(20)32)31-25(33)22-7-6-12-29-24(22)30-16-19-10-13-28-14-11-19/h6-15H,16-18H2,1-5H3,(H,29,30)(H,31,33). The van der Waals surface area contributed by atoms with Gasteiger partial charge in [0, 0.05) is 37.0 Å². The van der Waals surface area contributed by atoms with Gasteiger partial charge in [-0.25, -0.2) is 9.78 Å². The maximum Gasteiger partial charge on any atom is 0.414 e. The number of anilines is 3. The molecule has 3 heterocycles. The van der Waals surface area contributed by atoms with Crippen molar-refractivity contribution in [2.45, 2.75) is 52.1 Å². The van der Waals surface area contributed by atoms with Gasteiger partial charge in [0.2, 0.25) is 0 Å². The number of pyridine rings is 2. The summed E-state index contributed by atoms with van der Waals surface area (Å²) in [6.45, 7) is 10.6. The molecule has 0 spiro atoms. The molecule has 0 saturated carbocycles. The summed E-state index contributed by atoms with van der Waals surface area (Å²) >= 11 is 0. The molecule has 0 saturated heterocycles. The van der Waals surface area contributed by atoms with Crippen LogP contribution in [0.2, 0.25) is 13.1 Å². The van der Waals surface area contributed by atoms with E-state index in [0.717, 1.165) is 22.9 Å². The normalized spacial score (nSPS) is 14.5. The molecule has 2 aromatic heterocycles. The van der Waals surface area contributed by atoms with Gasteiger partial charge in [0.05, 0.1) is 19.3 Å². The monoisotopic (exact) mass is 503 g/mol. The zero-order chi connectivity index (χ0) is 25.9. The molecule has 3 aromatic rings. The smallest absolute Gasteiger partial charge is 0.414 e. The zero-order valence-electron chi connectivity index (χ0n) is 21.5. The Morgan fingerprint density at radius 3 is 2.56 bits per heavy atom. The number of hydrogen-bond donors (Lipinski definition) is 2. The highest BCUT2D eigenvalue weighted by molar-refractivity contribution is 6.78. The van der Waals surface area contributed by atoms with Crippen LogP contribution >= 0.6 is 0 Å². The second-order valence-corrected chi connectivity index (χ2v) is 15.8. The molecule has 2 amide bonds. The number of hydrogen-bond acceptors (Lipinski definition) is 6. The average molecular weight is 504 g/mol. The fraction of sp³-hybridized carbons (Fsp3) is 0.333. The lowest BCUT2D eigenvalue weighted by Gasteiger charge is -2.39. The Hall–Kier alpha value is -3.72. The molecular formula is C27H33N5O3Si. The molecule has 0 fully saturated rings. The molecule has 1 aromatic carbocycles. The molecule has 1 aliphatic rings. The van der Waals surface area contributed by atoms with Crippen molar-refractivity contribution in [3.63, 3.8) is 0 Å². The number of fused-ring (bicyclic) bond motifs is 1. The summed E-state index contributed by atoms with van der Waals surface area (Å²) in [4.78, 5) is 36.4. The van der Waals surface area contributed by atoms with E-state index in [1.54, 1.807) is 35.6 Å². The van der Waals surface area contributed by atoms with Crippen molar-refractivity contribution in [3.8, 4) is 0 Å². The summed E-state index contributed by atoms with van der Waals surface area (Å²) in [5, 5.41) is 6.21. The van der Waals surface area contributed by atoms with Crippen molar-refractivity contribution in [1.29, 1.82) is 0 Å². The highest BCUT2D eigenvalue weighted by Gasteiger charge is 2.37. The van der Waals surface area contributed by atoms with Gasteiger partial charge in [0.15, 0.2) is 0 Å². The first-order valence-electron chi connectivity index (χ1n) is 12.0. The van der Waals surface area contributed by atoms with Crippen LogP contribution in [0.3, 0.4) is 0 Å². The number of carbonyl (C=O) groups is 2.